The molecule has 0 saturated heterocycles. The molecular weight excluding hydrogens is 376 g/mol. The Morgan fingerprint density at radius 1 is 1.21 bits per heavy atom. The molecule has 0 radical (unpaired) electrons. The molecule has 0 aliphatic heterocycles. The number of ether oxygens (including phenoxy) is 1. The maximum Gasteiger partial charge on any atom is 0.319 e. The van der Waals surface area contributed by atoms with Crippen molar-refractivity contribution < 1.29 is 9.53 Å². The lowest BCUT2D eigenvalue weighted by Gasteiger charge is -2.11. The fourth-order valence-corrected chi connectivity index (χ4v) is 3.05. The van der Waals surface area contributed by atoms with Gasteiger partial charge in [-0.25, -0.2) is 9.78 Å². The van der Waals surface area contributed by atoms with Gasteiger partial charge in [0.25, 0.3) is 0 Å². The first-order valence-electron chi connectivity index (χ1n) is 9.08. The van der Waals surface area contributed by atoms with Crippen LogP contribution in [0.3, 0.4) is 0 Å². The summed E-state index contributed by atoms with van der Waals surface area (Å²) in [5, 5.41) is 6.10. The summed E-state index contributed by atoms with van der Waals surface area (Å²) in [5.41, 5.74) is 2.78. The second kappa shape index (κ2) is 9.28. The third kappa shape index (κ3) is 5.27. The Morgan fingerprint density at radius 3 is 2.75 bits per heavy atom. The van der Waals surface area contributed by atoms with E-state index >= 15 is 0 Å². The normalized spacial score (nSPS) is 10.5. The van der Waals surface area contributed by atoms with Crippen molar-refractivity contribution in [3.8, 4) is 5.75 Å². The Labute approximate surface area is 169 Å². The van der Waals surface area contributed by atoms with Gasteiger partial charge in [-0.1, -0.05) is 35.9 Å². The summed E-state index contributed by atoms with van der Waals surface area (Å²) < 4.78 is 7.47. The summed E-state index contributed by atoms with van der Waals surface area (Å²) >= 11 is 6.15. The summed E-state index contributed by atoms with van der Waals surface area (Å²) in [4.78, 5) is 16.4. The molecule has 0 atom stereocenters. The number of hydrogen-bond donors (Lipinski definition) is 2. The molecule has 146 valence electrons. The summed E-state index contributed by atoms with van der Waals surface area (Å²) in [6.45, 7) is 5.57. The van der Waals surface area contributed by atoms with E-state index in [1.807, 2.05) is 32.2 Å². The topological polar surface area (TPSA) is 68.2 Å². The Kier molecular flexibility index (Phi) is 6.55. The van der Waals surface area contributed by atoms with Crippen LogP contribution in [0, 0.1) is 6.92 Å². The first-order chi connectivity index (χ1) is 13.5. The summed E-state index contributed by atoms with van der Waals surface area (Å²) in [6, 6.07) is 13.0. The van der Waals surface area contributed by atoms with Gasteiger partial charge < -0.3 is 19.9 Å². The molecule has 1 heterocycles. The molecule has 0 unspecified atom stereocenters. The molecule has 0 aliphatic carbocycles. The highest BCUT2D eigenvalue weighted by Gasteiger charge is 2.06. The SMILES string of the molecule is CCOc1ccc(NC(=O)NCc2cccc(Cn3ccnc3C)c2)cc1Cl. The summed E-state index contributed by atoms with van der Waals surface area (Å²) in [7, 11) is 0. The number of nitrogens with zero attached hydrogens (tertiary/aromatic N) is 2. The van der Waals surface area contributed by atoms with Crippen molar-refractivity contribution in [2.75, 3.05) is 11.9 Å². The standard InChI is InChI=1S/C21H23ClN4O2/c1-3-28-20-8-7-18(12-19(20)22)25-21(27)24-13-16-5-4-6-17(11-16)14-26-10-9-23-15(26)2/h4-12H,3,13-14H2,1-2H3,(H2,24,25,27). The average molecular weight is 399 g/mol. The minimum Gasteiger partial charge on any atom is -0.492 e. The number of amides is 2. The molecule has 2 aromatic carbocycles. The lowest BCUT2D eigenvalue weighted by atomic mass is 10.1. The van der Waals surface area contributed by atoms with Crippen LogP contribution in [0.25, 0.3) is 0 Å². The number of carbonyl (C=O) groups is 1. The maximum atomic E-state index is 12.2. The minimum absolute atomic E-state index is 0.295. The van der Waals surface area contributed by atoms with Crippen LogP contribution in [0.2, 0.25) is 5.02 Å². The summed E-state index contributed by atoms with van der Waals surface area (Å²) in [6.07, 6.45) is 3.74. The third-order valence-corrected chi connectivity index (χ3v) is 4.51. The molecule has 2 amide bonds. The number of imidazole rings is 1. The number of benzene rings is 2. The Hall–Kier alpha value is -2.99. The number of aryl methyl sites for hydroxylation is 1. The van der Waals surface area contributed by atoms with Gasteiger partial charge in [-0.05, 0) is 43.2 Å². The van der Waals surface area contributed by atoms with Gasteiger partial charge in [-0.2, -0.15) is 0 Å². The Balaban J connectivity index is 1.55. The number of aromatic nitrogens is 2. The second-order valence-electron chi connectivity index (χ2n) is 6.31. The highest BCUT2D eigenvalue weighted by Crippen LogP contribution is 2.27. The highest BCUT2D eigenvalue weighted by molar-refractivity contribution is 6.32. The zero-order valence-corrected chi connectivity index (χ0v) is 16.7. The van der Waals surface area contributed by atoms with Crippen molar-refractivity contribution in [3.05, 3.63) is 76.8 Å². The van der Waals surface area contributed by atoms with Crippen molar-refractivity contribution in [2.24, 2.45) is 0 Å². The van der Waals surface area contributed by atoms with E-state index in [2.05, 4.69) is 32.3 Å². The average Bonchev–Trinajstić information content (AvgIpc) is 3.07. The molecule has 28 heavy (non-hydrogen) atoms. The molecule has 7 heteroatoms. The zero-order valence-electron chi connectivity index (χ0n) is 15.9. The van der Waals surface area contributed by atoms with Crippen LogP contribution in [0.15, 0.2) is 54.9 Å². The van der Waals surface area contributed by atoms with Gasteiger partial charge in [0.15, 0.2) is 0 Å². The number of anilines is 1. The van der Waals surface area contributed by atoms with E-state index in [1.54, 1.807) is 24.4 Å². The van der Waals surface area contributed by atoms with Gasteiger partial charge in [-0.15, -0.1) is 0 Å². The van der Waals surface area contributed by atoms with Crippen molar-refractivity contribution in [2.45, 2.75) is 26.9 Å². The van der Waals surface area contributed by atoms with Crippen molar-refractivity contribution in [3.63, 3.8) is 0 Å². The van der Waals surface area contributed by atoms with E-state index in [4.69, 9.17) is 16.3 Å². The first-order valence-corrected chi connectivity index (χ1v) is 9.45. The molecule has 6 nitrogen and oxygen atoms in total. The minimum atomic E-state index is -0.295. The molecule has 0 saturated carbocycles. The van der Waals surface area contributed by atoms with Crippen molar-refractivity contribution in [1.82, 2.24) is 14.9 Å². The molecule has 0 bridgehead atoms. The van der Waals surface area contributed by atoms with E-state index in [0.29, 0.717) is 29.6 Å². The predicted octanol–water partition coefficient (Wildman–Crippen LogP) is 4.61. The zero-order chi connectivity index (χ0) is 19.9. The van der Waals surface area contributed by atoms with Crippen LogP contribution >= 0.6 is 11.6 Å². The quantitative estimate of drug-likeness (QED) is 0.610. The smallest absolute Gasteiger partial charge is 0.319 e. The maximum absolute atomic E-state index is 12.2. The van der Waals surface area contributed by atoms with E-state index in [0.717, 1.165) is 23.5 Å². The van der Waals surface area contributed by atoms with Gasteiger partial charge in [0, 0.05) is 31.2 Å². The van der Waals surface area contributed by atoms with Crippen LogP contribution in [-0.4, -0.2) is 22.2 Å². The summed E-state index contributed by atoms with van der Waals surface area (Å²) in [5.74, 6) is 1.57. The lowest BCUT2D eigenvalue weighted by Crippen LogP contribution is -2.28. The van der Waals surface area contributed by atoms with Crippen LogP contribution in [0.4, 0.5) is 10.5 Å². The lowest BCUT2D eigenvalue weighted by molar-refractivity contribution is 0.251. The molecule has 0 spiro atoms. The van der Waals surface area contributed by atoms with Crippen LogP contribution < -0.4 is 15.4 Å². The van der Waals surface area contributed by atoms with Crippen LogP contribution in [-0.2, 0) is 13.1 Å². The first kappa shape index (κ1) is 19.8. The van der Waals surface area contributed by atoms with Gasteiger partial charge in [0.1, 0.15) is 11.6 Å². The van der Waals surface area contributed by atoms with Crippen LogP contribution in [0.1, 0.15) is 23.9 Å². The number of hydrogen-bond acceptors (Lipinski definition) is 3. The number of rotatable bonds is 7. The third-order valence-electron chi connectivity index (χ3n) is 4.21. The molecule has 1 aromatic heterocycles. The van der Waals surface area contributed by atoms with E-state index in [9.17, 15) is 4.79 Å². The van der Waals surface area contributed by atoms with E-state index in [-0.39, 0.29) is 6.03 Å². The van der Waals surface area contributed by atoms with E-state index < -0.39 is 0 Å². The number of nitrogens with one attached hydrogen (secondary N) is 2. The van der Waals surface area contributed by atoms with Crippen molar-refractivity contribution in [1.29, 1.82) is 0 Å². The number of halogens is 1. The number of urea groups is 1. The molecule has 2 N–H and O–H groups in total. The fourth-order valence-electron chi connectivity index (χ4n) is 2.81. The molecule has 0 fully saturated rings. The molecular formula is C21H23ClN4O2. The van der Waals surface area contributed by atoms with Gasteiger partial charge in [0.05, 0.1) is 11.6 Å². The Bertz CT molecular complexity index is 955. The van der Waals surface area contributed by atoms with E-state index in [1.165, 1.54) is 0 Å². The fraction of sp³-hybridized carbons (Fsp3) is 0.238. The number of carbonyl (C=O) groups excluding carboxylic acids is 1. The van der Waals surface area contributed by atoms with Crippen molar-refractivity contribution >= 4 is 23.3 Å². The molecule has 3 aromatic rings. The van der Waals surface area contributed by atoms with Gasteiger partial charge >= 0.3 is 6.03 Å². The largest absolute Gasteiger partial charge is 0.492 e. The highest BCUT2D eigenvalue weighted by atomic mass is 35.5. The monoisotopic (exact) mass is 398 g/mol. The molecule has 0 aliphatic rings. The van der Waals surface area contributed by atoms with Crippen LogP contribution in [0.5, 0.6) is 5.75 Å². The second-order valence-corrected chi connectivity index (χ2v) is 6.72. The van der Waals surface area contributed by atoms with Gasteiger partial charge in [-0.3, -0.25) is 0 Å². The predicted molar refractivity (Wildman–Crippen MR) is 111 cm³/mol. The van der Waals surface area contributed by atoms with Gasteiger partial charge in [0.2, 0.25) is 0 Å². The molecule has 3 rings (SSSR count). The Morgan fingerprint density at radius 2 is 2.04 bits per heavy atom.